The highest BCUT2D eigenvalue weighted by Gasteiger charge is 2.20. The fraction of sp³-hybridized carbons (Fsp3) is 0.0455. The van der Waals surface area contributed by atoms with E-state index in [0.717, 1.165) is 39.0 Å². The Morgan fingerprint density at radius 2 is 1.02 bits per heavy atom. The summed E-state index contributed by atoms with van der Waals surface area (Å²) in [5, 5.41) is 12.7. The number of hydrogen-bond donors (Lipinski definition) is 0. The number of aromatic nitrogens is 2. The standard InChI is InChI=1S/C44H31N3/c1-29-10-6-8-14-36(29)33-16-18-42-40(24-33)41-25-34(37-15-9-7-11-30(37)2)17-19-43(41)47(42)44-27-38(32-20-22-46-23-21-32)35(28-45)26-39(44)31-12-4-3-5-13-31/h3-27H,1-2H3. The zero-order valence-corrected chi connectivity index (χ0v) is 26.3. The van der Waals surface area contributed by atoms with Gasteiger partial charge in [0.25, 0.3) is 0 Å². The molecule has 8 rings (SSSR count). The lowest BCUT2D eigenvalue weighted by Crippen LogP contribution is -2.00. The van der Waals surface area contributed by atoms with Gasteiger partial charge in [0.05, 0.1) is 28.4 Å². The molecule has 0 unspecified atom stereocenters. The van der Waals surface area contributed by atoms with Gasteiger partial charge in [0, 0.05) is 34.3 Å². The van der Waals surface area contributed by atoms with E-state index in [1.807, 2.05) is 24.3 Å². The lowest BCUT2D eigenvalue weighted by atomic mass is 9.94. The third kappa shape index (κ3) is 4.88. The van der Waals surface area contributed by atoms with E-state index in [0.29, 0.717) is 5.56 Å². The van der Waals surface area contributed by atoms with Crippen LogP contribution < -0.4 is 0 Å². The van der Waals surface area contributed by atoms with E-state index < -0.39 is 0 Å². The van der Waals surface area contributed by atoms with Gasteiger partial charge in [-0.05, 0) is 107 Å². The first kappa shape index (κ1) is 28.2. The largest absolute Gasteiger partial charge is 0.309 e. The first-order valence-corrected chi connectivity index (χ1v) is 15.9. The van der Waals surface area contributed by atoms with Crippen LogP contribution in [-0.4, -0.2) is 9.55 Å². The van der Waals surface area contributed by atoms with Crippen molar-refractivity contribution in [2.24, 2.45) is 0 Å². The van der Waals surface area contributed by atoms with Crippen LogP contribution in [-0.2, 0) is 0 Å². The van der Waals surface area contributed by atoms with Gasteiger partial charge < -0.3 is 4.57 Å². The number of nitriles is 1. The molecule has 0 atom stereocenters. The molecule has 8 aromatic rings. The molecule has 0 aliphatic carbocycles. The van der Waals surface area contributed by atoms with Gasteiger partial charge in [-0.3, -0.25) is 4.98 Å². The average Bonchev–Trinajstić information content (AvgIpc) is 3.45. The number of rotatable bonds is 5. The molecule has 3 heteroatoms. The quantitative estimate of drug-likeness (QED) is 0.197. The first-order chi connectivity index (χ1) is 23.1. The molecular formula is C44H31N3. The van der Waals surface area contributed by atoms with E-state index in [1.54, 1.807) is 12.4 Å². The fourth-order valence-corrected chi connectivity index (χ4v) is 6.90. The number of benzene rings is 6. The van der Waals surface area contributed by atoms with Gasteiger partial charge in [-0.15, -0.1) is 0 Å². The molecule has 3 nitrogen and oxygen atoms in total. The molecule has 47 heavy (non-hydrogen) atoms. The van der Waals surface area contributed by atoms with Crippen molar-refractivity contribution < 1.29 is 0 Å². The van der Waals surface area contributed by atoms with E-state index in [4.69, 9.17) is 0 Å². The van der Waals surface area contributed by atoms with Crippen LogP contribution in [0.1, 0.15) is 16.7 Å². The van der Waals surface area contributed by atoms with Gasteiger partial charge in [0.1, 0.15) is 0 Å². The number of pyridine rings is 1. The Morgan fingerprint density at radius 3 is 1.57 bits per heavy atom. The summed E-state index contributed by atoms with van der Waals surface area (Å²) in [7, 11) is 0. The number of fused-ring (bicyclic) bond motifs is 3. The molecule has 0 amide bonds. The van der Waals surface area contributed by atoms with E-state index in [-0.39, 0.29) is 0 Å². The molecule has 2 heterocycles. The third-order valence-corrected chi connectivity index (χ3v) is 9.25. The van der Waals surface area contributed by atoms with E-state index in [2.05, 4.69) is 145 Å². The molecule has 6 aromatic carbocycles. The average molecular weight is 602 g/mol. The third-order valence-electron chi connectivity index (χ3n) is 9.25. The maximum atomic E-state index is 10.4. The smallest absolute Gasteiger partial charge is 0.0998 e. The number of nitrogens with zero attached hydrogens (tertiary/aromatic N) is 3. The summed E-state index contributed by atoms with van der Waals surface area (Å²) in [6.45, 7) is 4.34. The summed E-state index contributed by atoms with van der Waals surface area (Å²) < 4.78 is 2.38. The maximum Gasteiger partial charge on any atom is 0.0998 e. The van der Waals surface area contributed by atoms with Crippen LogP contribution >= 0.6 is 0 Å². The van der Waals surface area contributed by atoms with Gasteiger partial charge in [0.15, 0.2) is 0 Å². The molecular weight excluding hydrogens is 571 g/mol. The molecule has 0 spiro atoms. The SMILES string of the molecule is Cc1ccccc1-c1ccc2c(c1)c1cc(-c3ccccc3C)ccc1n2-c1cc(-c2ccncc2)c(C#N)cc1-c1ccccc1. The summed E-state index contributed by atoms with van der Waals surface area (Å²) in [4.78, 5) is 4.24. The first-order valence-electron chi connectivity index (χ1n) is 15.9. The van der Waals surface area contributed by atoms with Crippen molar-refractivity contribution in [2.75, 3.05) is 0 Å². The molecule has 0 fully saturated rings. The Kier molecular flexibility index (Phi) is 6.97. The predicted molar refractivity (Wildman–Crippen MR) is 195 cm³/mol. The maximum absolute atomic E-state index is 10.4. The van der Waals surface area contributed by atoms with Crippen LogP contribution in [0.5, 0.6) is 0 Å². The van der Waals surface area contributed by atoms with E-state index in [1.165, 1.54) is 44.2 Å². The summed E-state index contributed by atoms with van der Waals surface area (Å²) in [5.41, 5.74) is 15.1. The Bertz CT molecular complexity index is 2380. The zero-order chi connectivity index (χ0) is 31.9. The topological polar surface area (TPSA) is 41.6 Å². The van der Waals surface area contributed by atoms with Crippen LogP contribution in [0, 0.1) is 25.2 Å². The predicted octanol–water partition coefficient (Wildman–Crippen LogP) is 11.3. The van der Waals surface area contributed by atoms with Gasteiger partial charge >= 0.3 is 0 Å². The Balaban J connectivity index is 1.49. The molecule has 0 radical (unpaired) electrons. The van der Waals surface area contributed by atoms with Gasteiger partial charge in [0.2, 0.25) is 0 Å². The second-order valence-corrected chi connectivity index (χ2v) is 12.1. The van der Waals surface area contributed by atoms with Crippen LogP contribution in [0.2, 0.25) is 0 Å². The van der Waals surface area contributed by atoms with Crippen LogP contribution in [0.3, 0.4) is 0 Å². The summed E-state index contributed by atoms with van der Waals surface area (Å²) >= 11 is 0. The van der Waals surface area contributed by atoms with E-state index >= 15 is 0 Å². The van der Waals surface area contributed by atoms with Gasteiger partial charge in [-0.1, -0.05) is 91.0 Å². The van der Waals surface area contributed by atoms with Gasteiger partial charge in [-0.2, -0.15) is 5.26 Å². The van der Waals surface area contributed by atoms with Gasteiger partial charge in [-0.25, -0.2) is 0 Å². The van der Waals surface area contributed by atoms with Crippen molar-refractivity contribution in [2.45, 2.75) is 13.8 Å². The molecule has 222 valence electrons. The fourth-order valence-electron chi connectivity index (χ4n) is 6.90. The second-order valence-electron chi connectivity index (χ2n) is 12.1. The molecule has 0 saturated heterocycles. The normalized spacial score (nSPS) is 11.2. The van der Waals surface area contributed by atoms with Crippen molar-refractivity contribution in [3.05, 3.63) is 169 Å². The number of aryl methyl sites for hydroxylation is 2. The van der Waals surface area contributed by atoms with Crippen molar-refractivity contribution >= 4 is 21.8 Å². The highest BCUT2D eigenvalue weighted by Crippen LogP contribution is 2.42. The van der Waals surface area contributed by atoms with Crippen LogP contribution in [0.15, 0.2) is 152 Å². The minimum atomic E-state index is 0.628. The minimum Gasteiger partial charge on any atom is -0.309 e. The van der Waals surface area contributed by atoms with Crippen molar-refractivity contribution in [3.63, 3.8) is 0 Å². The molecule has 0 saturated carbocycles. The Morgan fingerprint density at radius 1 is 0.489 bits per heavy atom. The second kappa shape index (κ2) is 11.6. The van der Waals surface area contributed by atoms with E-state index in [9.17, 15) is 5.26 Å². The zero-order valence-electron chi connectivity index (χ0n) is 26.3. The molecule has 2 aromatic heterocycles. The summed E-state index contributed by atoms with van der Waals surface area (Å²) in [6.07, 6.45) is 3.56. The van der Waals surface area contributed by atoms with Crippen molar-refractivity contribution in [1.29, 1.82) is 5.26 Å². The molecule has 0 aliphatic rings. The summed E-state index contributed by atoms with van der Waals surface area (Å²) in [5.74, 6) is 0. The summed E-state index contributed by atoms with van der Waals surface area (Å²) in [6, 6.07) is 51.8. The minimum absolute atomic E-state index is 0.628. The highest BCUT2D eigenvalue weighted by atomic mass is 15.0. The van der Waals surface area contributed by atoms with Crippen molar-refractivity contribution in [3.8, 4) is 56.3 Å². The monoisotopic (exact) mass is 601 g/mol. The molecule has 0 bridgehead atoms. The Labute approximate surface area is 274 Å². The Hall–Kier alpha value is -6.24. The highest BCUT2D eigenvalue weighted by molar-refractivity contribution is 6.12. The van der Waals surface area contributed by atoms with Crippen molar-refractivity contribution in [1.82, 2.24) is 9.55 Å². The lowest BCUT2D eigenvalue weighted by molar-refractivity contribution is 1.18. The molecule has 0 aliphatic heterocycles. The van der Waals surface area contributed by atoms with Crippen LogP contribution in [0.25, 0.3) is 72.0 Å². The number of hydrogen-bond acceptors (Lipinski definition) is 2. The lowest BCUT2D eigenvalue weighted by Gasteiger charge is -2.18. The molecule has 0 N–H and O–H groups in total. The van der Waals surface area contributed by atoms with Crippen LogP contribution in [0.4, 0.5) is 0 Å².